The highest BCUT2D eigenvalue weighted by Gasteiger charge is 2.29. The topological polar surface area (TPSA) is 57.7 Å². The Morgan fingerprint density at radius 1 is 0.750 bits per heavy atom. The van der Waals surface area contributed by atoms with Crippen LogP contribution in [0.25, 0.3) is 0 Å². The maximum absolute atomic E-state index is 12.9. The molecule has 5 nitrogen and oxygen atoms in total. The predicted octanol–water partition coefficient (Wildman–Crippen LogP) is 4.27. The molecule has 1 fully saturated rings. The van der Waals surface area contributed by atoms with E-state index in [4.69, 9.17) is 0 Å². The summed E-state index contributed by atoms with van der Waals surface area (Å²) in [5.41, 5.74) is 2.57. The van der Waals surface area contributed by atoms with Crippen LogP contribution in [0.1, 0.15) is 21.5 Å². The highest BCUT2D eigenvalue weighted by molar-refractivity contribution is 7.98. The fraction of sp³-hybridized carbons (Fsp3) is 0.240. The van der Waals surface area contributed by atoms with Crippen molar-refractivity contribution in [2.45, 2.75) is 16.4 Å². The number of thioether (sulfide) groups is 1. The number of carbonyl (C=O) groups is 1. The molecule has 3 aromatic rings. The lowest BCUT2D eigenvalue weighted by molar-refractivity contribution is 0.0698. The van der Waals surface area contributed by atoms with Crippen LogP contribution in [0.4, 0.5) is 0 Å². The normalized spacial score (nSPS) is 14.9. The summed E-state index contributed by atoms with van der Waals surface area (Å²) < 4.78 is 26.9. The summed E-state index contributed by atoms with van der Waals surface area (Å²) in [6.07, 6.45) is 0. The zero-order valence-corrected chi connectivity index (χ0v) is 19.4. The van der Waals surface area contributed by atoms with Crippen LogP contribution in [0.5, 0.6) is 0 Å². The van der Waals surface area contributed by atoms with Crippen molar-refractivity contribution in [1.29, 1.82) is 0 Å². The first kappa shape index (κ1) is 22.6. The lowest BCUT2D eigenvalue weighted by Gasteiger charge is -2.34. The smallest absolute Gasteiger partial charge is 0.253 e. The summed E-state index contributed by atoms with van der Waals surface area (Å²) in [4.78, 5) is 15.8. The Labute approximate surface area is 194 Å². The summed E-state index contributed by atoms with van der Waals surface area (Å²) in [6.45, 7) is 1.45. The van der Waals surface area contributed by atoms with Gasteiger partial charge in [-0.1, -0.05) is 60.7 Å². The number of piperazine rings is 1. The highest BCUT2D eigenvalue weighted by atomic mass is 32.2. The average molecular weight is 467 g/mol. The van der Waals surface area contributed by atoms with Crippen molar-refractivity contribution in [3.63, 3.8) is 0 Å². The first-order valence-electron chi connectivity index (χ1n) is 10.6. The maximum Gasteiger partial charge on any atom is 0.253 e. The third-order valence-electron chi connectivity index (χ3n) is 5.46. The molecule has 1 saturated heterocycles. The highest BCUT2D eigenvalue weighted by Crippen LogP contribution is 2.23. The van der Waals surface area contributed by atoms with Crippen LogP contribution in [-0.4, -0.2) is 49.7 Å². The zero-order valence-electron chi connectivity index (χ0n) is 17.8. The van der Waals surface area contributed by atoms with Crippen molar-refractivity contribution in [2.75, 3.05) is 26.2 Å². The van der Waals surface area contributed by atoms with Gasteiger partial charge in [0, 0.05) is 42.4 Å². The monoisotopic (exact) mass is 466 g/mol. The van der Waals surface area contributed by atoms with E-state index in [1.54, 1.807) is 16.7 Å². The second-order valence-corrected chi connectivity index (χ2v) is 10.7. The molecule has 4 rings (SSSR count). The van der Waals surface area contributed by atoms with E-state index in [1.165, 1.54) is 9.20 Å². The van der Waals surface area contributed by atoms with Crippen molar-refractivity contribution in [3.8, 4) is 0 Å². The van der Waals surface area contributed by atoms with E-state index in [1.807, 2.05) is 72.8 Å². The Morgan fingerprint density at radius 2 is 1.34 bits per heavy atom. The third-order valence-corrected chi connectivity index (χ3v) is 8.39. The van der Waals surface area contributed by atoms with Crippen molar-refractivity contribution >= 4 is 27.7 Å². The molecule has 1 heterocycles. The average Bonchev–Trinajstić information content (AvgIpc) is 2.84. The minimum Gasteiger partial charge on any atom is -0.336 e. The van der Waals surface area contributed by atoms with E-state index < -0.39 is 10.0 Å². The number of nitrogens with zero attached hydrogens (tertiary/aromatic N) is 2. The third kappa shape index (κ3) is 5.79. The summed E-state index contributed by atoms with van der Waals surface area (Å²) in [5.74, 6) is 0.785. The number of hydrogen-bond donors (Lipinski definition) is 0. The standard InChI is InChI=1S/C25H26N2O3S2/c28-25(23-13-11-21(12-14-23)19-31-24-9-5-2-6-10-24)26-15-17-27(18-16-26)32(29,30)20-22-7-3-1-4-8-22/h1-14H,15-20H2. The van der Waals surface area contributed by atoms with Crippen LogP contribution in [0, 0.1) is 0 Å². The molecule has 0 unspecified atom stereocenters. The van der Waals surface area contributed by atoms with Crippen LogP contribution in [0.3, 0.4) is 0 Å². The number of hydrogen-bond acceptors (Lipinski definition) is 4. The Kier molecular flexibility index (Phi) is 7.29. The lowest BCUT2D eigenvalue weighted by atomic mass is 10.1. The van der Waals surface area contributed by atoms with E-state index >= 15 is 0 Å². The summed E-state index contributed by atoms with van der Waals surface area (Å²) in [5, 5.41) is 0. The summed E-state index contributed by atoms with van der Waals surface area (Å²) in [6, 6.07) is 27.1. The first-order valence-corrected chi connectivity index (χ1v) is 13.2. The van der Waals surface area contributed by atoms with Gasteiger partial charge in [0.15, 0.2) is 0 Å². The second-order valence-electron chi connectivity index (χ2n) is 7.73. The molecule has 0 aromatic heterocycles. The van der Waals surface area contributed by atoms with Gasteiger partial charge in [0.2, 0.25) is 10.0 Å². The molecule has 166 valence electrons. The molecule has 0 N–H and O–H groups in total. The first-order chi connectivity index (χ1) is 15.5. The van der Waals surface area contributed by atoms with Crippen LogP contribution in [0.2, 0.25) is 0 Å². The van der Waals surface area contributed by atoms with E-state index in [-0.39, 0.29) is 11.7 Å². The molecule has 7 heteroatoms. The number of carbonyl (C=O) groups excluding carboxylic acids is 1. The van der Waals surface area contributed by atoms with Crippen LogP contribution >= 0.6 is 11.8 Å². The van der Waals surface area contributed by atoms with Gasteiger partial charge in [-0.15, -0.1) is 11.8 Å². The van der Waals surface area contributed by atoms with Gasteiger partial charge in [0.05, 0.1) is 5.75 Å². The van der Waals surface area contributed by atoms with Gasteiger partial charge < -0.3 is 4.90 Å². The maximum atomic E-state index is 12.9. The van der Waals surface area contributed by atoms with E-state index in [0.29, 0.717) is 31.7 Å². The molecule has 0 saturated carbocycles. The molecule has 1 amide bonds. The van der Waals surface area contributed by atoms with Crippen LogP contribution < -0.4 is 0 Å². The van der Waals surface area contributed by atoms with Crippen molar-refractivity contribution in [2.24, 2.45) is 0 Å². The molecule has 0 radical (unpaired) electrons. The zero-order chi connectivity index (χ0) is 22.4. The fourth-order valence-corrected chi connectivity index (χ4v) is 6.05. The Balaban J connectivity index is 1.30. The minimum absolute atomic E-state index is 0.00968. The largest absolute Gasteiger partial charge is 0.336 e. The SMILES string of the molecule is O=C(c1ccc(CSc2ccccc2)cc1)N1CCN(S(=O)(=O)Cc2ccccc2)CC1. The summed E-state index contributed by atoms with van der Waals surface area (Å²) in [7, 11) is -3.39. The van der Waals surface area contributed by atoms with Crippen LogP contribution in [-0.2, 0) is 21.5 Å². The van der Waals surface area contributed by atoms with Gasteiger partial charge in [-0.2, -0.15) is 4.31 Å². The Hall–Kier alpha value is -2.61. The molecule has 0 aliphatic carbocycles. The van der Waals surface area contributed by atoms with Gasteiger partial charge in [-0.3, -0.25) is 4.79 Å². The van der Waals surface area contributed by atoms with Crippen LogP contribution in [0.15, 0.2) is 89.8 Å². The van der Waals surface area contributed by atoms with E-state index in [9.17, 15) is 13.2 Å². The number of sulfonamides is 1. The molecular weight excluding hydrogens is 440 g/mol. The van der Waals surface area contributed by atoms with Crippen molar-refractivity contribution in [1.82, 2.24) is 9.21 Å². The quantitative estimate of drug-likeness (QED) is 0.488. The van der Waals surface area contributed by atoms with Crippen molar-refractivity contribution in [3.05, 3.63) is 102 Å². The molecular formula is C25H26N2O3S2. The number of amides is 1. The van der Waals surface area contributed by atoms with Crippen molar-refractivity contribution < 1.29 is 13.2 Å². The molecule has 0 bridgehead atoms. The fourth-order valence-electron chi connectivity index (χ4n) is 3.66. The van der Waals surface area contributed by atoms with E-state index in [2.05, 4.69) is 12.1 Å². The molecule has 1 aliphatic rings. The molecule has 1 aliphatic heterocycles. The van der Waals surface area contributed by atoms with E-state index in [0.717, 1.165) is 16.9 Å². The molecule has 3 aromatic carbocycles. The second kappa shape index (κ2) is 10.3. The lowest BCUT2D eigenvalue weighted by Crippen LogP contribution is -2.50. The molecule has 32 heavy (non-hydrogen) atoms. The van der Waals surface area contributed by atoms with Gasteiger partial charge >= 0.3 is 0 Å². The molecule has 0 spiro atoms. The predicted molar refractivity (Wildman–Crippen MR) is 129 cm³/mol. The summed E-state index contributed by atoms with van der Waals surface area (Å²) >= 11 is 1.76. The number of rotatable bonds is 7. The Morgan fingerprint density at radius 3 is 1.97 bits per heavy atom. The van der Waals surface area contributed by atoms with Gasteiger partial charge in [0.25, 0.3) is 5.91 Å². The van der Waals surface area contributed by atoms with Gasteiger partial charge in [0.1, 0.15) is 0 Å². The minimum atomic E-state index is -3.39. The Bertz CT molecular complexity index is 1130. The van der Waals surface area contributed by atoms with Gasteiger partial charge in [-0.05, 0) is 35.4 Å². The van der Waals surface area contributed by atoms with Gasteiger partial charge in [-0.25, -0.2) is 8.42 Å². The number of benzene rings is 3. The molecule has 0 atom stereocenters.